The normalized spacial score (nSPS) is 17.6. The number of piperidine rings is 1. The summed E-state index contributed by atoms with van der Waals surface area (Å²) in [6.07, 6.45) is 3.86. The van der Waals surface area contributed by atoms with Crippen molar-refractivity contribution in [3.63, 3.8) is 0 Å². The average Bonchev–Trinajstić information content (AvgIpc) is 3.07. The van der Waals surface area contributed by atoms with Crippen LogP contribution < -0.4 is 0 Å². The molecule has 2 aromatic rings. The lowest BCUT2D eigenvalue weighted by molar-refractivity contribution is 0.0586. The van der Waals surface area contributed by atoms with Crippen LogP contribution in [0.25, 0.3) is 0 Å². The molecule has 0 radical (unpaired) electrons. The number of nitrogens with zero attached hydrogens (tertiary/aromatic N) is 3. The first kappa shape index (κ1) is 16.2. The molecule has 0 spiro atoms. The van der Waals surface area contributed by atoms with Gasteiger partial charge in [-0.25, -0.2) is 4.79 Å². The van der Waals surface area contributed by atoms with E-state index >= 15 is 0 Å². The molecule has 1 amide bonds. The van der Waals surface area contributed by atoms with Gasteiger partial charge in [-0.05, 0) is 31.0 Å². The molecule has 1 atom stereocenters. The van der Waals surface area contributed by atoms with Gasteiger partial charge in [0.1, 0.15) is 0 Å². The van der Waals surface area contributed by atoms with Gasteiger partial charge in [-0.1, -0.05) is 12.1 Å². The lowest BCUT2D eigenvalue weighted by atomic mass is 9.94. The number of ether oxygens (including phenoxy) is 1. The van der Waals surface area contributed by atoms with Crippen molar-refractivity contribution in [1.29, 1.82) is 0 Å². The second-order valence-electron chi connectivity index (χ2n) is 6.04. The van der Waals surface area contributed by atoms with Crippen molar-refractivity contribution in [2.24, 2.45) is 7.05 Å². The maximum absolute atomic E-state index is 12.9. The molecule has 1 aliphatic heterocycles. The van der Waals surface area contributed by atoms with Crippen molar-refractivity contribution in [3.8, 4) is 0 Å². The maximum atomic E-state index is 12.9. The van der Waals surface area contributed by atoms with Crippen molar-refractivity contribution in [1.82, 2.24) is 14.7 Å². The van der Waals surface area contributed by atoms with E-state index in [2.05, 4.69) is 5.10 Å². The Morgan fingerprint density at radius 3 is 2.62 bits per heavy atom. The van der Waals surface area contributed by atoms with Crippen molar-refractivity contribution in [2.75, 3.05) is 20.2 Å². The van der Waals surface area contributed by atoms with E-state index in [0.717, 1.165) is 18.5 Å². The molecule has 6 nitrogen and oxygen atoms in total. The molecular weight excluding hydrogens is 306 g/mol. The quantitative estimate of drug-likeness (QED) is 0.811. The van der Waals surface area contributed by atoms with Crippen LogP contribution in [-0.2, 0) is 11.8 Å². The molecule has 1 fully saturated rings. The van der Waals surface area contributed by atoms with Gasteiger partial charge in [0.15, 0.2) is 0 Å². The summed E-state index contributed by atoms with van der Waals surface area (Å²) in [5.41, 5.74) is 1.72. The molecule has 126 valence electrons. The lowest BCUT2D eigenvalue weighted by Crippen LogP contribution is -2.39. The van der Waals surface area contributed by atoms with Gasteiger partial charge < -0.3 is 9.64 Å². The fourth-order valence-corrected chi connectivity index (χ4v) is 3.18. The van der Waals surface area contributed by atoms with Crippen LogP contribution in [0.4, 0.5) is 0 Å². The Labute approximate surface area is 141 Å². The fourth-order valence-electron chi connectivity index (χ4n) is 3.18. The molecule has 0 unspecified atom stereocenters. The molecule has 0 aliphatic carbocycles. The number of hydrogen-bond acceptors (Lipinski definition) is 4. The van der Waals surface area contributed by atoms with Gasteiger partial charge in [-0.3, -0.25) is 9.48 Å². The van der Waals surface area contributed by atoms with Crippen LogP contribution in [0.2, 0.25) is 0 Å². The Balaban J connectivity index is 1.81. The van der Waals surface area contributed by atoms with E-state index in [9.17, 15) is 9.59 Å². The van der Waals surface area contributed by atoms with Crippen LogP contribution in [0.1, 0.15) is 45.2 Å². The monoisotopic (exact) mass is 327 g/mol. The molecule has 0 bridgehead atoms. The number of amides is 1. The summed E-state index contributed by atoms with van der Waals surface area (Å²) in [6.45, 7) is 1.31. The van der Waals surface area contributed by atoms with E-state index in [0.29, 0.717) is 24.2 Å². The highest BCUT2D eigenvalue weighted by Gasteiger charge is 2.28. The van der Waals surface area contributed by atoms with Crippen LogP contribution >= 0.6 is 0 Å². The summed E-state index contributed by atoms with van der Waals surface area (Å²) in [5, 5.41) is 4.46. The second kappa shape index (κ2) is 6.86. The van der Waals surface area contributed by atoms with Crippen LogP contribution in [0, 0.1) is 0 Å². The number of aryl methyl sites for hydroxylation is 1. The van der Waals surface area contributed by atoms with Crippen LogP contribution in [-0.4, -0.2) is 46.8 Å². The fraction of sp³-hybridized carbons (Fsp3) is 0.389. The third-order valence-electron chi connectivity index (χ3n) is 4.42. The summed E-state index contributed by atoms with van der Waals surface area (Å²) < 4.78 is 6.57. The van der Waals surface area contributed by atoms with Crippen molar-refractivity contribution in [2.45, 2.75) is 18.8 Å². The number of methoxy groups -OCH3 is 1. The number of rotatable bonds is 3. The summed E-state index contributed by atoms with van der Waals surface area (Å²) in [7, 11) is 3.21. The Morgan fingerprint density at radius 2 is 1.96 bits per heavy atom. The molecule has 0 saturated carbocycles. The van der Waals surface area contributed by atoms with Gasteiger partial charge in [-0.2, -0.15) is 5.10 Å². The van der Waals surface area contributed by atoms with Crippen LogP contribution in [0.5, 0.6) is 0 Å². The van der Waals surface area contributed by atoms with Gasteiger partial charge in [0.25, 0.3) is 5.91 Å². The zero-order chi connectivity index (χ0) is 17.1. The maximum Gasteiger partial charge on any atom is 0.338 e. The van der Waals surface area contributed by atoms with E-state index in [1.165, 1.54) is 7.11 Å². The average molecular weight is 327 g/mol. The summed E-state index contributed by atoms with van der Waals surface area (Å²) in [6, 6.07) is 8.80. The zero-order valence-electron chi connectivity index (χ0n) is 13.9. The van der Waals surface area contributed by atoms with E-state index in [1.807, 2.05) is 24.2 Å². The highest BCUT2D eigenvalue weighted by Crippen LogP contribution is 2.27. The zero-order valence-corrected chi connectivity index (χ0v) is 13.9. The predicted octanol–water partition coefficient (Wildman–Crippen LogP) is 2.23. The summed E-state index contributed by atoms with van der Waals surface area (Å²) >= 11 is 0. The molecule has 24 heavy (non-hydrogen) atoms. The molecule has 1 aromatic carbocycles. The second-order valence-corrected chi connectivity index (χ2v) is 6.04. The third kappa shape index (κ3) is 3.18. The summed E-state index contributed by atoms with van der Waals surface area (Å²) in [5.74, 6) is -0.386. The number of likely N-dealkylation sites (tertiary alicyclic amines) is 1. The first-order valence-electron chi connectivity index (χ1n) is 8.06. The minimum atomic E-state index is -0.489. The number of benzene rings is 1. The molecule has 1 saturated heterocycles. The highest BCUT2D eigenvalue weighted by molar-refractivity contribution is 6.05. The molecule has 3 rings (SSSR count). The van der Waals surface area contributed by atoms with Gasteiger partial charge >= 0.3 is 5.97 Å². The van der Waals surface area contributed by atoms with Crippen molar-refractivity contribution >= 4 is 11.9 Å². The largest absolute Gasteiger partial charge is 0.465 e. The van der Waals surface area contributed by atoms with E-state index in [4.69, 9.17) is 4.74 Å². The number of carbonyl (C=O) groups excluding carboxylic acids is 2. The van der Waals surface area contributed by atoms with Crippen LogP contribution in [0.3, 0.4) is 0 Å². The standard InChI is InChI=1S/C18H21N3O3/c1-20-11-9-16(19-20)13-6-5-10-21(12-13)17(22)14-7-3-4-8-15(14)18(23)24-2/h3-4,7-9,11,13H,5-6,10,12H2,1-2H3/t13-/m0/s1. The first-order chi connectivity index (χ1) is 11.6. The van der Waals surface area contributed by atoms with Crippen molar-refractivity contribution in [3.05, 3.63) is 53.3 Å². The Kier molecular flexibility index (Phi) is 4.64. The molecule has 6 heteroatoms. The third-order valence-corrected chi connectivity index (χ3v) is 4.42. The van der Waals surface area contributed by atoms with E-state index in [1.54, 1.807) is 28.9 Å². The first-order valence-corrected chi connectivity index (χ1v) is 8.06. The number of carbonyl (C=O) groups is 2. The molecule has 1 aromatic heterocycles. The van der Waals surface area contributed by atoms with Gasteiger partial charge in [0.2, 0.25) is 0 Å². The number of hydrogen-bond donors (Lipinski definition) is 0. The summed E-state index contributed by atoms with van der Waals surface area (Å²) in [4.78, 5) is 26.6. The van der Waals surface area contributed by atoms with Gasteiger partial charge in [0.05, 0.1) is 23.9 Å². The Hall–Kier alpha value is -2.63. The lowest BCUT2D eigenvalue weighted by Gasteiger charge is -2.32. The minimum absolute atomic E-state index is 0.128. The van der Waals surface area contributed by atoms with Crippen LogP contribution in [0.15, 0.2) is 36.5 Å². The van der Waals surface area contributed by atoms with Gasteiger partial charge in [0, 0.05) is 32.3 Å². The molecule has 1 aliphatic rings. The number of aromatic nitrogens is 2. The Morgan fingerprint density at radius 1 is 1.21 bits per heavy atom. The number of esters is 1. The van der Waals surface area contributed by atoms with E-state index < -0.39 is 5.97 Å². The molecule has 0 N–H and O–H groups in total. The van der Waals surface area contributed by atoms with Gasteiger partial charge in [-0.15, -0.1) is 0 Å². The van der Waals surface area contributed by atoms with Crippen molar-refractivity contribution < 1.29 is 14.3 Å². The smallest absolute Gasteiger partial charge is 0.338 e. The topological polar surface area (TPSA) is 64.4 Å². The van der Waals surface area contributed by atoms with E-state index in [-0.39, 0.29) is 11.8 Å². The molecular formula is C18H21N3O3. The predicted molar refractivity (Wildman–Crippen MR) is 88.9 cm³/mol. The Bertz CT molecular complexity index is 753. The highest BCUT2D eigenvalue weighted by atomic mass is 16.5. The molecule has 2 heterocycles. The SMILES string of the molecule is COC(=O)c1ccccc1C(=O)N1CCC[C@H](c2ccn(C)n2)C1. The minimum Gasteiger partial charge on any atom is -0.465 e.